The second kappa shape index (κ2) is 9.36. The van der Waals surface area contributed by atoms with Crippen LogP contribution in [0.25, 0.3) is 0 Å². The van der Waals surface area contributed by atoms with Crippen LogP contribution in [0.2, 0.25) is 0 Å². The molecule has 9 heteroatoms. The van der Waals surface area contributed by atoms with Gasteiger partial charge in [-0.15, -0.1) is 11.3 Å². The Morgan fingerprint density at radius 2 is 1.93 bits per heavy atom. The number of hydrogen-bond acceptors (Lipinski definition) is 6. The van der Waals surface area contributed by atoms with Gasteiger partial charge in [-0.25, -0.2) is 4.79 Å². The van der Waals surface area contributed by atoms with Crippen LogP contribution in [0.1, 0.15) is 32.9 Å². The summed E-state index contributed by atoms with van der Waals surface area (Å²) >= 11 is 1.65. The molecule has 0 radical (unpaired) electrons. The monoisotopic (exact) mass is 397 g/mol. The average molecular weight is 398 g/mol. The smallest absolute Gasteiger partial charge is 0.407 e. The molecule has 2 amide bonds. The summed E-state index contributed by atoms with van der Waals surface area (Å²) in [6.07, 6.45) is -0.193. The van der Waals surface area contributed by atoms with Crippen LogP contribution in [0.15, 0.2) is 10.4 Å². The first kappa shape index (κ1) is 21.4. The molecule has 1 N–H and O–H groups in total. The molecule has 1 aromatic heterocycles. The number of rotatable bonds is 5. The third-order valence-corrected chi connectivity index (χ3v) is 5.38. The molecule has 27 heavy (non-hydrogen) atoms. The molecule has 0 bridgehead atoms. The largest absolute Gasteiger partial charge is 0.444 e. The number of ether oxygens (including phenoxy) is 1. The normalized spacial score (nSPS) is 16.5. The molecule has 1 saturated heterocycles. The molecule has 1 aromatic rings. The fourth-order valence-electron chi connectivity index (χ4n) is 2.88. The molecule has 1 fully saturated rings. The molecular formula is C18H31N5O3S. The van der Waals surface area contributed by atoms with E-state index in [4.69, 9.17) is 4.74 Å². The van der Waals surface area contributed by atoms with E-state index in [9.17, 15) is 9.59 Å². The second-order valence-corrected chi connectivity index (χ2v) is 8.46. The van der Waals surface area contributed by atoms with Crippen molar-refractivity contribution in [2.75, 3.05) is 39.8 Å². The summed E-state index contributed by atoms with van der Waals surface area (Å²) in [7, 11) is 3.84. The fraction of sp³-hybridized carbons (Fsp3) is 0.722. The summed E-state index contributed by atoms with van der Waals surface area (Å²) in [5.41, 5.74) is 0.706. The number of hydrogen-bond donors (Lipinski definition) is 1. The topological polar surface area (TPSA) is 79.2 Å². The van der Waals surface area contributed by atoms with E-state index in [0.717, 1.165) is 24.4 Å². The van der Waals surface area contributed by atoms with Gasteiger partial charge in [0.05, 0.1) is 0 Å². The maximum absolute atomic E-state index is 12.3. The van der Waals surface area contributed by atoms with Crippen LogP contribution >= 0.6 is 11.3 Å². The Morgan fingerprint density at radius 1 is 1.26 bits per heavy atom. The highest BCUT2D eigenvalue weighted by Crippen LogP contribution is 2.10. The van der Waals surface area contributed by atoms with Crippen molar-refractivity contribution >= 4 is 23.3 Å². The van der Waals surface area contributed by atoms with Crippen molar-refractivity contribution in [3.8, 4) is 0 Å². The van der Waals surface area contributed by atoms with Gasteiger partial charge < -0.3 is 19.5 Å². The lowest BCUT2D eigenvalue weighted by atomic mass is 10.2. The second-order valence-electron chi connectivity index (χ2n) is 7.63. The third-order valence-electron chi connectivity index (χ3n) is 4.33. The summed E-state index contributed by atoms with van der Waals surface area (Å²) in [6.45, 7) is 9.71. The lowest BCUT2D eigenvalue weighted by Gasteiger charge is -2.34. The minimum atomic E-state index is -0.532. The molecular weight excluding hydrogens is 366 g/mol. The zero-order valence-corrected chi connectivity index (χ0v) is 17.8. The fourth-order valence-corrected chi connectivity index (χ4v) is 3.73. The molecule has 0 unspecified atom stereocenters. The summed E-state index contributed by atoms with van der Waals surface area (Å²) in [5, 5.41) is 4.78. The van der Waals surface area contributed by atoms with E-state index in [-0.39, 0.29) is 5.91 Å². The highest BCUT2D eigenvalue weighted by Gasteiger charge is 2.22. The van der Waals surface area contributed by atoms with Gasteiger partial charge in [-0.3, -0.25) is 14.7 Å². The number of piperazine rings is 1. The van der Waals surface area contributed by atoms with Gasteiger partial charge in [0.1, 0.15) is 5.60 Å². The Morgan fingerprint density at radius 3 is 2.48 bits per heavy atom. The third kappa shape index (κ3) is 6.66. The molecule has 0 aromatic carbocycles. The van der Waals surface area contributed by atoms with E-state index in [1.165, 1.54) is 5.69 Å². The SMILES string of the molecule is C/N=c1\scc(CN2CCN(C(=O)CCNC(=O)OC(C)(C)C)CC2)n1C. The number of carbonyl (C=O) groups excluding carboxylic acids is 2. The van der Waals surface area contributed by atoms with E-state index in [1.54, 1.807) is 18.4 Å². The minimum absolute atomic E-state index is 0.0684. The zero-order chi connectivity index (χ0) is 20.0. The molecule has 8 nitrogen and oxygen atoms in total. The van der Waals surface area contributed by atoms with Crippen LogP contribution in [0.4, 0.5) is 4.79 Å². The van der Waals surface area contributed by atoms with Crippen LogP contribution in [-0.4, -0.2) is 71.7 Å². The maximum atomic E-state index is 12.3. The van der Waals surface area contributed by atoms with Gasteiger partial charge in [-0.1, -0.05) is 0 Å². The maximum Gasteiger partial charge on any atom is 0.407 e. The summed E-state index contributed by atoms with van der Waals surface area (Å²) in [6, 6.07) is 0. The zero-order valence-electron chi connectivity index (χ0n) is 16.9. The van der Waals surface area contributed by atoms with Crippen molar-refractivity contribution in [3.05, 3.63) is 15.9 Å². The van der Waals surface area contributed by atoms with Crippen molar-refractivity contribution in [2.24, 2.45) is 12.0 Å². The van der Waals surface area contributed by atoms with Crippen molar-refractivity contribution in [1.82, 2.24) is 19.7 Å². The molecule has 2 rings (SSSR count). The van der Waals surface area contributed by atoms with Crippen LogP contribution in [0, 0.1) is 0 Å². The number of carbonyl (C=O) groups is 2. The van der Waals surface area contributed by atoms with Crippen LogP contribution in [0.5, 0.6) is 0 Å². The standard InChI is InChI=1S/C18H31N5O3S/c1-18(2,3)26-17(25)20-7-6-15(24)23-10-8-22(9-11-23)12-14-13-27-16(19-4)21(14)5/h13H,6-12H2,1-5H3,(H,20,25)/b19-16-. The molecule has 1 aliphatic heterocycles. The van der Waals surface area contributed by atoms with Crippen molar-refractivity contribution < 1.29 is 14.3 Å². The highest BCUT2D eigenvalue weighted by atomic mass is 32.1. The van der Waals surface area contributed by atoms with Crippen LogP contribution in [-0.2, 0) is 23.1 Å². The Kier molecular flexibility index (Phi) is 7.43. The van der Waals surface area contributed by atoms with Gasteiger partial charge in [-0.2, -0.15) is 0 Å². The molecule has 0 saturated carbocycles. The number of aromatic nitrogens is 1. The van der Waals surface area contributed by atoms with E-state index < -0.39 is 11.7 Å². The number of thiazole rings is 1. The number of nitrogens with one attached hydrogen (secondary N) is 1. The van der Waals surface area contributed by atoms with Gasteiger partial charge >= 0.3 is 6.09 Å². The quantitative estimate of drug-likeness (QED) is 0.809. The molecule has 1 aliphatic rings. The summed E-state index contributed by atoms with van der Waals surface area (Å²) in [4.78, 5) is 33.4. The van der Waals surface area contributed by atoms with Gasteiger partial charge in [0.2, 0.25) is 5.91 Å². The Labute approximate surface area is 164 Å². The van der Waals surface area contributed by atoms with Crippen LogP contribution < -0.4 is 10.1 Å². The van der Waals surface area contributed by atoms with Crippen molar-refractivity contribution in [3.63, 3.8) is 0 Å². The van der Waals surface area contributed by atoms with Crippen LogP contribution in [0.3, 0.4) is 0 Å². The average Bonchev–Trinajstić information content (AvgIpc) is 2.93. The van der Waals surface area contributed by atoms with E-state index in [0.29, 0.717) is 26.1 Å². The number of amides is 2. The predicted octanol–water partition coefficient (Wildman–Crippen LogP) is 1.18. The van der Waals surface area contributed by atoms with Gasteiger partial charge in [0.25, 0.3) is 0 Å². The first-order valence-corrected chi connectivity index (χ1v) is 10.1. The van der Waals surface area contributed by atoms with Gasteiger partial charge in [0.15, 0.2) is 4.80 Å². The number of alkyl carbamates (subject to hydrolysis) is 1. The minimum Gasteiger partial charge on any atom is -0.444 e. The van der Waals surface area contributed by atoms with E-state index >= 15 is 0 Å². The highest BCUT2D eigenvalue weighted by molar-refractivity contribution is 7.07. The summed E-state index contributed by atoms with van der Waals surface area (Å²) < 4.78 is 7.28. The van der Waals surface area contributed by atoms with E-state index in [2.05, 4.69) is 25.2 Å². The first-order valence-electron chi connectivity index (χ1n) is 9.23. The lowest BCUT2D eigenvalue weighted by Crippen LogP contribution is -2.49. The Bertz CT molecular complexity index is 711. The molecule has 152 valence electrons. The number of nitrogens with zero attached hydrogens (tertiary/aromatic N) is 4. The molecule has 2 heterocycles. The van der Waals surface area contributed by atoms with Gasteiger partial charge in [0, 0.05) is 70.9 Å². The van der Waals surface area contributed by atoms with Crippen molar-refractivity contribution in [1.29, 1.82) is 0 Å². The Balaban J connectivity index is 1.71. The Hall–Kier alpha value is -1.87. The molecule has 0 aliphatic carbocycles. The summed E-state index contributed by atoms with van der Waals surface area (Å²) in [5.74, 6) is 0.0684. The first-order chi connectivity index (χ1) is 12.7. The molecule has 0 atom stereocenters. The predicted molar refractivity (Wildman–Crippen MR) is 105 cm³/mol. The lowest BCUT2D eigenvalue weighted by molar-refractivity contribution is -0.132. The van der Waals surface area contributed by atoms with Gasteiger partial charge in [-0.05, 0) is 20.8 Å². The van der Waals surface area contributed by atoms with E-state index in [1.807, 2.05) is 32.7 Å². The van der Waals surface area contributed by atoms with Crippen molar-refractivity contribution in [2.45, 2.75) is 39.3 Å². The molecule has 0 spiro atoms.